The molecule has 28 heavy (non-hydrogen) atoms. The van der Waals surface area contributed by atoms with Crippen LogP contribution in [0.1, 0.15) is 16.8 Å². The van der Waals surface area contributed by atoms with Crippen LogP contribution < -0.4 is 4.90 Å². The maximum Gasteiger partial charge on any atom is 0.261 e. The van der Waals surface area contributed by atoms with Gasteiger partial charge >= 0.3 is 0 Å². The van der Waals surface area contributed by atoms with E-state index in [1.165, 1.54) is 11.0 Å². The molecule has 3 rings (SSSR count). The highest BCUT2D eigenvalue weighted by Gasteiger charge is 2.23. The second-order valence-corrected chi connectivity index (χ2v) is 7.74. The maximum atomic E-state index is 14.0. The van der Waals surface area contributed by atoms with E-state index in [1.807, 2.05) is 19.0 Å². The number of nitrogens with zero attached hydrogens (tertiary/aromatic N) is 3. The molecule has 0 N–H and O–H groups in total. The molecule has 0 spiro atoms. The molecule has 0 aliphatic carbocycles. The number of aromatic nitrogens is 1. The third kappa shape index (κ3) is 4.97. The van der Waals surface area contributed by atoms with Crippen molar-refractivity contribution in [1.82, 2.24) is 9.88 Å². The lowest BCUT2D eigenvalue weighted by Gasteiger charge is -2.21. The van der Waals surface area contributed by atoms with Crippen LogP contribution in [0.2, 0.25) is 5.02 Å². The molecule has 0 aliphatic rings. The van der Waals surface area contributed by atoms with E-state index in [1.54, 1.807) is 24.3 Å². The van der Waals surface area contributed by atoms with Crippen molar-refractivity contribution >= 4 is 56.6 Å². The van der Waals surface area contributed by atoms with Crippen LogP contribution >= 0.6 is 35.3 Å². The molecule has 0 atom stereocenters. The average Bonchev–Trinajstić information content (AvgIpc) is 3.02. The Morgan fingerprint density at radius 1 is 1.18 bits per heavy atom. The van der Waals surface area contributed by atoms with Crippen LogP contribution in [0.15, 0.2) is 36.4 Å². The van der Waals surface area contributed by atoms with Crippen molar-refractivity contribution in [3.63, 3.8) is 0 Å². The van der Waals surface area contributed by atoms with Crippen LogP contribution in [0, 0.1) is 11.6 Å². The zero-order chi connectivity index (χ0) is 19.6. The van der Waals surface area contributed by atoms with Crippen LogP contribution in [0.4, 0.5) is 13.9 Å². The number of benzene rings is 2. The van der Waals surface area contributed by atoms with Gasteiger partial charge in [-0.1, -0.05) is 35.1 Å². The number of hydrogen-bond donors (Lipinski definition) is 0. The lowest BCUT2D eigenvalue weighted by atomic mass is 10.2. The Bertz CT molecular complexity index is 981. The van der Waals surface area contributed by atoms with Gasteiger partial charge in [-0.05, 0) is 45.3 Å². The normalized spacial score (nSPS) is 10.9. The smallest absolute Gasteiger partial charge is 0.261 e. The van der Waals surface area contributed by atoms with Crippen LogP contribution in [0.25, 0.3) is 10.2 Å². The minimum absolute atomic E-state index is 0. The molecular formula is C19H19Cl2F2N3OS. The van der Waals surface area contributed by atoms with Crippen molar-refractivity contribution in [2.45, 2.75) is 6.42 Å². The number of carbonyl (C=O) groups excluding carboxylic acids is 1. The lowest BCUT2D eigenvalue weighted by Crippen LogP contribution is -2.33. The highest BCUT2D eigenvalue weighted by atomic mass is 35.5. The molecule has 0 unspecified atom stereocenters. The van der Waals surface area contributed by atoms with Crippen LogP contribution in [0.5, 0.6) is 0 Å². The van der Waals surface area contributed by atoms with Gasteiger partial charge in [0.2, 0.25) is 0 Å². The summed E-state index contributed by atoms with van der Waals surface area (Å²) < 4.78 is 27.9. The van der Waals surface area contributed by atoms with Crippen LogP contribution in [-0.4, -0.2) is 43.0 Å². The highest BCUT2D eigenvalue weighted by molar-refractivity contribution is 7.22. The van der Waals surface area contributed by atoms with Crippen molar-refractivity contribution < 1.29 is 13.6 Å². The predicted molar refractivity (Wildman–Crippen MR) is 113 cm³/mol. The van der Waals surface area contributed by atoms with E-state index in [4.69, 9.17) is 11.6 Å². The Morgan fingerprint density at radius 3 is 2.57 bits per heavy atom. The Hall–Kier alpha value is -1.80. The minimum atomic E-state index is -0.745. The molecule has 9 heteroatoms. The van der Waals surface area contributed by atoms with Gasteiger partial charge in [0.25, 0.3) is 5.91 Å². The summed E-state index contributed by atoms with van der Waals surface area (Å²) >= 11 is 7.26. The summed E-state index contributed by atoms with van der Waals surface area (Å²) in [5.41, 5.74) is 0.399. The largest absolute Gasteiger partial charge is 0.309 e. The molecule has 0 aliphatic heterocycles. The van der Waals surface area contributed by atoms with Crippen molar-refractivity contribution in [2.75, 3.05) is 32.1 Å². The first-order valence-electron chi connectivity index (χ1n) is 8.33. The zero-order valence-electron chi connectivity index (χ0n) is 15.3. The monoisotopic (exact) mass is 445 g/mol. The van der Waals surface area contributed by atoms with Gasteiger partial charge in [0, 0.05) is 12.6 Å². The SMILES string of the molecule is CN(C)CCCN(C(=O)c1ccccc1Cl)c1nc2c(F)cc(F)cc2s1.Cl. The fourth-order valence-corrected chi connectivity index (χ4v) is 3.92. The summed E-state index contributed by atoms with van der Waals surface area (Å²) in [5, 5.41) is 0.650. The fourth-order valence-electron chi connectivity index (χ4n) is 2.67. The van der Waals surface area contributed by atoms with Crippen molar-refractivity contribution in [3.05, 3.63) is 58.6 Å². The Morgan fingerprint density at radius 2 is 1.89 bits per heavy atom. The number of amides is 1. The second kappa shape index (κ2) is 9.60. The minimum Gasteiger partial charge on any atom is -0.309 e. The molecule has 150 valence electrons. The van der Waals surface area contributed by atoms with Gasteiger partial charge in [0.15, 0.2) is 10.9 Å². The first kappa shape index (κ1) is 22.5. The fraction of sp³-hybridized carbons (Fsp3) is 0.263. The summed E-state index contributed by atoms with van der Waals surface area (Å²) in [7, 11) is 3.88. The summed E-state index contributed by atoms with van der Waals surface area (Å²) in [6.45, 7) is 1.15. The molecule has 1 heterocycles. The number of fused-ring (bicyclic) bond motifs is 1. The van der Waals surface area contributed by atoms with Gasteiger partial charge in [-0.2, -0.15) is 0 Å². The molecule has 1 amide bonds. The van der Waals surface area contributed by atoms with E-state index in [9.17, 15) is 13.6 Å². The molecule has 0 bridgehead atoms. The van der Waals surface area contributed by atoms with Crippen LogP contribution in [-0.2, 0) is 0 Å². The van der Waals surface area contributed by atoms with Gasteiger partial charge in [-0.25, -0.2) is 13.8 Å². The molecule has 4 nitrogen and oxygen atoms in total. The molecule has 0 saturated carbocycles. The molecule has 0 radical (unpaired) electrons. The maximum absolute atomic E-state index is 14.0. The van der Waals surface area contributed by atoms with E-state index in [-0.39, 0.29) is 23.8 Å². The van der Waals surface area contributed by atoms with Crippen molar-refractivity contribution in [1.29, 1.82) is 0 Å². The standard InChI is InChI=1S/C19H18ClF2N3OS.ClH/c1-24(2)8-5-9-25(18(26)13-6-3-4-7-14(13)20)19-23-17-15(22)10-12(21)11-16(17)27-19;/h3-4,6-7,10-11H,5,8-9H2,1-2H3;1H. The molecule has 3 aromatic rings. The molecule has 1 aromatic heterocycles. The van der Waals surface area contributed by atoms with Gasteiger partial charge in [-0.3, -0.25) is 9.69 Å². The van der Waals surface area contributed by atoms with E-state index >= 15 is 0 Å². The number of carbonyl (C=O) groups is 1. The second-order valence-electron chi connectivity index (χ2n) is 6.32. The highest BCUT2D eigenvalue weighted by Crippen LogP contribution is 2.32. The number of anilines is 1. The molecular weight excluding hydrogens is 427 g/mol. The first-order valence-corrected chi connectivity index (χ1v) is 9.53. The third-order valence-electron chi connectivity index (χ3n) is 3.97. The number of halogens is 4. The van der Waals surface area contributed by atoms with Crippen molar-refractivity contribution in [2.24, 2.45) is 0 Å². The average molecular weight is 446 g/mol. The quantitative estimate of drug-likeness (QED) is 0.519. The summed E-state index contributed by atoms with van der Waals surface area (Å²) in [6, 6.07) is 8.75. The van der Waals surface area contributed by atoms with E-state index in [2.05, 4.69) is 4.98 Å². The Balaban J connectivity index is 0.00000280. The molecule has 0 saturated heterocycles. The van der Waals surface area contributed by atoms with E-state index in [0.717, 1.165) is 23.9 Å². The van der Waals surface area contributed by atoms with E-state index < -0.39 is 11.6 Å². The Kier molecular flexibility index (Phi) is 7.71. The first-order chi connectivity index (χ1) is 12.9. The molecule has 2 aromatic carbocycles. The predicted octanol–water partition coefficient (Wildman–Crippen LogP) is 5.25. The van der Waals surface area contributed by atoms with Gasteiger partial charge in [0.1, 0.15) is 11.3 Å². The Labute approximate surface area is 177 Å². The molecule has 0 fully saturated rings. The van der Waals surface area contributed by atoms with E-state index in [0.29, 0.717) is 33.4 Å². The van der Waals surface area contributed by atoms with Gasteiger partial charge in [-0.15, -0.1) is 12.4 Å². The van der Waals surface area contributed by atoms with Crippen molar-refractivity contribution in [3.8, 4) is 0 Å². The zero-order valence-corrected chi connectivity index (χ0v) is 17.7. The third-order valence-corrected chi connectivity index (χ3v) is 5.32. The summed E-state index contributed by atoms with van der Waals surface area (Å²) in [6.07, 6.45) is 0.690. The van der Waals surface area contributed by atoms with Gasteiger partial charge < -0.3 is 4.90 Å². The summed E-state index contributed by atoms with van der Waals surface area (Å²) in [4.78, 5) is 20.8. The summed E-state index contributed by atoms with van der Waals surface area (Å²) in [5.74, 6) is -1.74. The van der Waals surface area contributed by atoms with Gasteiger partial charge in [0.05, 0.1) is 15.3 Å². The van der Waals surface area contributed by atoms with Crippen LogP contribution in [0.3, 0.4) is 0 Å². The number of rotatable bonds is 6. The topological polar surface area (TPSA) is 36.4 Å². The number of thiazole rings is 1. The lowest BCUT2D eigenvalue weighted by molar-refractivity contribution is 0.0986. The number of hydrogen-bond acceptors (Lipinski definition) is 4.